The van der Waals surface area contributed by atoms with Gasteiger partial charge in [0.25, 0.3) is 0 Å². The lowest BCUT2D eigenvalue weighted by Gasteiger charge is -2.25. The zero-order valence-corrected chi connectivity index (χ0v) is 17.3. The fourth-order valence-corrected chi connectivity index (χ4v) is 4.01. The fraction of sp³-hybridized carbons (Fsp3) is 0.450. The molecule has 1 unspecified atom stereocenters. The number of carbonyl (C=O) groups excluding carboxylic acids is 2. The van der Waals surface area contributed by atoms with E-state index in [0.29, 0.717) is 35.3 Å². The Labute approximate surface area is 168 Å². The molecule has 1 atom stereocenters. The largest absolute Gasteiger partial charge is 0.497 e. The van der Waals surface area contributed by atoms with Crippen molar-refractivity contribution < 1.29 is 19.1 Å². The Kier molecular flexibility index (Phi) is 6.18. The zero-order chi connectivity index (χ0) is 20.3. The van der Waals surface area contributed by atoms with Gasteiger partial charge in [0, 0.05) is 23.4 Å². The molecule has 1 N–H and O–H groups in total. The van der Waals surface area contributed by atoms with Crippen LogP contribution in [0.1, 0.15) is 26.7 Å². The summed E-state index contributed by atoms with van der Waals surface area (Å²) >= 11 is 1.34. The number of aromatic nitrogens is 1. The number of rotatable bonds is 6. The molecular formula is C20H25N3O4S. The van der Waals surface area contributed by atoms with Crippen molar-refractivity contribution in [1.29, 1.82) is 0 Å². The minimum atomic E-state index is -0.436. The van der Waals surface area contributed by atoms with E-state index in [2.05, 4.69) is 10.3 Å². The van der Waals surface area contributed by atoms with Crippen LogP contribution in [0.25, 0.3) is 11.3 Å². The molecule has 3 rings (SSSR count). The van der Waals surface area contributed by atoms with Gasteiger partial charge in [-0.1, -0.05) is 13.8 Å². The molecule has 1 aliphatic rings. The van der Waals surface area contributed by atoms with Gasteiger partial charge in [0.05, 0.1) is 19.9 Å². The van der Waals surface area contributed by atoms with Crippen LogP contribution in [-0.4, -0.2) is 48.5 Å². The van der Waals surface area contributed by atoms with Gasteiger partial charge in [-0.2, -0.15) is 0 Å². The van der Waals surface area contributed by atoms with E-state index in [1.807, 2.05) is 37.4 Å². The first kappa shape index (κ1) is 20.1. The lowest BCUT2D eigenvalue weighted by molar-refractivity contribution is -0.139. The molecule has 1 aliphatic heterocycles. The number of methoxy groups -OCH3 is 2. The van der Waals surface area contributed by atoms with Crippen LogP contribution in [0.2, 0.25) is 0 Å². The summed E-state index contributed by atoms with van der Waals surface area (Å²) in [6.45, 7) is 4.33. The van der Waals surface area contributed by atoms with Gasteiger partial charge in [-0.25, -0.2) is 4.98 Å². The number of nitrogens with zero attached hydrogens (tertiary/aromatic N) is 2. The molecule has 0 radical (unpaired) electrons. The number of amides is 2. The second-order valence-corrected chi connectivity index (χ2v) is 7.80. The number of thiazole rings is 1. The number of ether oxygens (including phenoxy) is 2. The molecule has 1 fully saturated rings. The average molecular weight is 404 g/mol. The molecule has 7 nitrogen and oxygen atoms in total. The van der Waals surface area contributed by atoms with Crippen molar-refractivity contribution in [2.24, 2.45) is 5.92 Å². The van der Waals surface area contributed by atoms with E-state index in [1.165, 1.54) is 11.3 Å². The van der Waals surface area contributed by atoms with Crippen molar-refractivity contribution in [3.8, 4) is 22.8 Å². The second-order valence-electron chi connectivity index (χ2n) is 6.94. The molecule has 150 valence electrons. The molecule has 8 heteroatoms. The summed E-state index contributed by atoms with van der Waals surface area (Å²) < 4.78 is 10.7. The van der Waals surface area contributed by atoms with Gasteiger partial charge >= 0.3 is 0 Å². The van der Waals surface area contributed by atoms with Crippen LogP contribution >= 0.6 is 11.3 Å². The van der Waals surface area contributed by atoms with Crippen LogP contribution in [0.4, 0.5) is 5.13 Å². The molecule has 1 aromatic heterocycles. The van der Waals surface area contributed by atoms with Crippen molar-refractivity contribution in [1.82, 2.24) is 9.88 Å². The van der Waals surface area contributed by atoms with Crippen molar-refractivity contribution in [2.75, 3.05) is 26.1 Å². The van der Waals surface area contributed by atoms with E-state index in [-0.39, 0.29) is 17.7 Å². The van der Waals surface area contributed by atoms with Crippen LogP contribution in [0.3, 0.4) is 0 Å². The number of nitrogens with one attached hydrogen (secondary N) is 1. The van der Waals surface area contributed by atoms with Crippen molar-refractivity contribution >= 4 is 28.3 Å². The van der Waals surface area contributed by atoms with E-state index in [0.717, 1.165) is 12.0 Å². The van der Waals surface area contributed by atoms with Crippen LogP contribution < -0.4 is 14.8 Å². The molecule has 0 bridgehead atoms. The minimum Gasteiger partial charge on any atom is -0.497 e. The van der Waals surface area contributed by atoms with E-state index >= 15 is 0 Å². The second kappa shape index (κ2) is 8.60. The average Bonchev–Trinajstić information content (AvgIpc) is 3.36. The Morgan fingerprint density at radius 3 is 2.75 bits per heavy atom. The molecule has 2 aromatic rings. The Balaban J connectivity index is 1.76. The summed E-state index contributed by atoms with van der Waals surface area (Å²) in [5.74, 6) is 1.07. The normalized spacial score (nSPS) is 16.3. The van der Waals surface area contributed by atoms with Crippen LogP contribution in [0, 0.1) is 5.92 Å². The maximum Gasteiger partial charge on any atom is 0.248 e. The van der Waals surface area contributed by atoms with Crippen molar-refractivity contribution in [3.63, 3.8) is 0 Å². The molecular weight excluding hydrogens is 378 g/mol. The SMILES string of the molecule is COc1ccc(OC)c(-c2csc(NC(=O)C3CCCN3C(=O)C(C)C)n2)c1. The lowest BCUT2D eigenvalue weighted by atomic mass is 10.1. The minimum absolute atomic E-state index is 0.0126. The monoisotopic (exact) mass is 403 g/mol. The van der Waals surface area contributed by atoms with E-state index in [9.17, 15) is 9.59 Å². The number of hydrogen-bond donors (Lipinski definition) is 1. The Hall–Kier alpha value is -2.61. The van der Waals surface area contributed by atoms with Crippen LogP contribution in [0.5, 0.6) is 11.5 Å². The molecule has 0 spiro atoms. The summed E-state index contributed by atoms with van der Waals surface area (Å²) in [7, 11) is 3.20. The smallest absolute Gasteiger partial charge is 0.248 e. The number of likely N-dealkylation sites (tertiary alicyclic amines) is 1. The maximum atomic E-state index is 12.7. The molecule has 0 aliphatic carbocycles. The third-order valence-corrected chi connectivity index (χ3v) is 5.51. The molecule has 28 heavy (non-hydrogen) atoms. The molecule has 1 saturated heterocycles. The topological polar surface area (TPSA) is 80.8 Å². The highest BCUT2D eigenvalue weighted by atomic mass is 32.1. The van der Waals surface area contributed by atoms with Gasteiger partial charge in [-0.05, 0) is 31.0 Å². The van der Waals surface area contributed by atoms with Crippen molar-refractivity contribution in [3.05, 3.63) is 23.6 Å². The number of carbonyl (C=O) groups is 2. The molecule has 0 saturated carbocycles. The highest BCUT2D eigenvalue weighted by Crippen LogP contribution is 2.35. The van der Waals surface area contributed by atoms with Gasteiger partial charge < -0.3 is 19.7 Å². The number of anilines is 1. The Morgan fingerprint density at radius 2 is 2.07 bits per heavy atom. The summed E-state index contributed by atoms with van der Waals surface area (Å²) in [6, 6.07) is 5.05. The molecule has 2 amide bonds. The van der Waals surface area contributed by atoms with E-state index in [1.54, 1.807) is 19.1 Å². The number of hydrogen-bond acceptors (Lipinski definition) is 6. The van der Waals surface area contributed by atoms with Gasteiger partial charge in [0.1, 0.15) is 17.5 Å². The summed E-state index contributed by atoms with van der Waals surface area (Å²) in [6.07, 6.45) is 1.51. The highest BCUT2D eigenvalue weighted by Gasteiger charge is 2.35. The molecule has 1 aromatic carbocycles. The Morgan fingerprint density at radius 1 is 1.29 bits per heavy atom. The number of benzene rings is 1. The van der Waals surface area contributed by atoms with Crippen LogP contribution in [-0.2, 0) is 9.59 Å². The van der Waals surface area contributed by atoms with Crippen molar-refractivity contribution in [2.45, 2.75) is 32.7 Å². The molecule has 2 heterocycles. The van der Waals surface area contributed by atoms with Gasteiger partial charge in [0.2, 0.25) is 11.8 Å². The first-order valence-electron chi connectivity index (χ1n) is 9.24. The highest BCUT2D eigenvalue weighted by molar-refractivity contribution is 7.14. The lowest BCUT2D eigenvalue weighted by Crippen LogP contribution is -2.44. The van der Waals surface area contributed by atoms with Gasteiger partial charge in [0.15, 0.2) is 5.13 Å². The first-order chi connectivity index (χ1) is 13.4. The zero-order valence-electron chi connectivity index (χ0n) is 16.5. The Bertz CT molecular complexity index is 865. The maximum absolute atomic E-state index is 12.7. The van der Waals surface area contributed by atoms with Crippen LogP contribution in [0.15, 0.2) is 23.6 Å². The van der Waals surface area contributed by atoms with Gasteiger partial charge in [-0.3, -0.25) is 9.59 Å². The summed E-state index contributed by atoms with van der Waals surface area (Å²) in [5.41, 5.74) is 1.48. The third-order valence-electron chi connectivity index (χ3n) is 4.75. The fourth-order valence-electron chi connectivity index (χ4n) is 3.29. The van der Waals surface area contributed by atoms with Gasteiger partial charge in [-0.15, -0.1) is 11.3 Å². The van der Waals surface area contributed by atoms with E-state index in [4.69, 9.17) is 9.47 Å². The third kappa shape index (κ3) is 4.11. The summed E-state index contributed by atoms with van der Waals surface area (Å²) in [4.78, 5) is 31.3. The predicted molar refractivity (Wildman–Crippen MR) is 109 cm³/mol. The summed E-state index contributed by atoms with van der Waals surface area (Å²) in [5, 5.41) is 5.22. The van der Waals surface area contributed by atoms with E-state index < -0.39 is 6.04 Å². The first-order valence-corrected chi connectivity index (χ1v) is 10.1. The quantitative estimate of drug-likeness (QED) is 0.799. The standard InChI is InChI=1S/C20H25N3O4S/c1-12(2)19(25)23-9-5-6-16(23)18(24)22-20-21-15(11-28-20)14-10-13(26-3)7-8-17(14)27-4/h7-8,10-12,16H,5-6,9H2,1-4H3,(H,21,22,24). The predicted octanol–water partition coefficient (Wildman–Crippen LogP) is 3.41.